The normalized spacial score (nSPS) is 11.5. The summed E-state index contributed by atoms with van der Waals surface area (Å²) in [4.78, 5) is 8.02. The number of benzene rings is 1. The Labute approximate surface area is 173 Å². The molecule has 0 N–H and O–H groups in total. The molecule has 0 saturated heterocycles. The van der Waals surface area contributed by atoms with E-state index in [1.807, 2.05) is 17.5 Å². The highest BCUT2D eigenvalue weighted by Gasteiger charge is 2.11. The lowest BCUT2D eigenvalue weighted by atomic mass is 10.0. The summed E-state index contributed by atoms with van der Waals surface area (Å²) in [6.45, 7) is 6.23. The van der Waals surface area contributed by atoms with Gasteiger partial charge in [0.25, 0.3) is 0 Å². The lowest BCUT2D eigenvalue weighted by Gasteiger charge is -2.14. The molecule has 0 radical (unpaired) electrons. The molecule has 4 heteroatoms. The van der Waals surface area contributed by atoms with Crippen LogP contribution in [0.5, 0.6) is 5.75 Å². The zero-order valence-electron chi connectivity index (χ0n) is 17.6. The smallest absolute Gasteiger partial charge is 0.122 e. The SMILES string of the molecule is CCCCCc1cc(-c2cc3nccc(C)c3s2)ccc1OCCCN(C)C. The van der Waals surface area contributed by atoms with Crippen LogP contribution in [-0.2, 0) is 6.42 Å². The van der Waals surface area contributed by atoms with E-state index in [9.17, 15) is 0 Å². The Bertz CT molecular complexity index is 901. The maximum absolute atomic E-state index is 6.15. The first-order chi connectivity index (χ1) is 13.6. The maximum atomic E-state index is 6.15. The molecular weight excluding hydrogens is 364 g/mol. The lowest BCUT2D eigenvalue weighted by molar-refractivity contribution is 0.279. The Balaban J connectivity index is 1.82. The third kappa shape index (κ3) is 5.33. The van der Waals surface area contributed by atoms with E-state index in [4.69, 9.17) is 4.74 Å². The van der Waals surface area contributed by atoms with Gasteiger partial charge in [0.05, 0.1) is 16.8 Å². The Kier molecular flexibility index (Phi) is 7.46. The monoisotopic (exact) mass is 396 g/mol. The molecule has 3 aromatic rings. The van der Waals surface area contributed by atoms with Crippen molar-refractivity contribution in [2.45, 2.75) is 46.0 Å². The summed E-state index contributed by atoms with van der Waals surface area (Å²) in [5, 5.41) is 0. The molecule has 0 atom stereocenters. The summed E-state index contributed by atoms with van der Waals surface area (Å²) in [5.74, 6) is 1.05. The molecule has 2 heterocycles. The summed E-state index contributed by atoms with van der Waals surface area (Å²) < 4.78 is 7.44. The van der Waals surface area contributed by atoms with Gasteiger partial charge in [0.1, 0.15) is 5.75 Å². The van der Waals surface area contributed by atoms with Crippen molar-refractivity contribution < 1.29 is 4.74 Å². The minimum atomic E-state index is 0.768. The molecule has 150 valence electrons. The van der Waals surface area contributed by atoms with E-state index in [1.54, 1.807) is 0 Å². The summed E-state index contributed by atoms with van der Waals surface area (Å²) >= 11 is 1.84. The summed E-state index contributed by atoms with van der Waals surface area (Å²) in [7, 11) is 4.21. The van der Waals surface area contributed by atoms with E-state index < -0.39 is 0 Å². The van der Waals surface area contributed by atoms with Gasteiger partial charge in [-0.3, -0.25) is 4.98 Å². The van der Waals surface area contributed by atoms with Crippen LogP contribution in [0.3, 0.4) is 0 Å². The van der Waals surface area contributed by atoms with Crippen molar-refractivity contribution in [3.63, 3.8) is 0 Å². The molecule has 2 aromatic heterocycles. The van der Waals surface area contributed by atoms with Crippen LogP contribution in [0, 0.1) is 6.92 Å². The molecule has 3 nitrogen and oxygen atoms in total. The minimum Gasteiger partial charge on any atom is -0.493 e. The molecule has 0 bridgehead atoms. The Hall–Kier alpha value is -1.91. The van der Waals surface area contributed by atoms with Crippen molar-refractivity contribution >= 4 is 21.6 Å². The van der Waals surface area contributed by atoms with Crippen molar-refractivity contribution in [1.29, 1.82) is 0 Å². The van der Waals surface area contributed by atoms with Gasteiger partial charge in [-0.2, -0.15) is 0 Å². The fourth-order valence-electron chi connectivity index (χ4n) is 3.40. The van der Waals surface area contributed by atoms with Crippen LogP contribution in [0.4, 0.5) is 0 Å². The highest BCUT2D eigenvalue weighted by Crippen LogP contribution is 2.36. The van der Waals surface area contributed by atoms with Gasteiger partial charge in [-0.15, -0.1) is 11.3 Å². The number of unbranched alkanes of at least 4 members (excludes halogenated alkanes) is 2. The summed E-state index contributed by atoms with van der Waals surface area (Å²) in [6, 6.07) is 11.0. The van der Waals surface area contributed by atoms with Crippen LogP contribution in [0.15, 0.2) is 36.5 Å². The van der Waals surface area contributed by atoms with Crippen molar-refractivity contribution in [2.24, 2.45) is 0 Å². The molecule has 0 unspecified atom stereocenters. The Morgan fingerprint density at radius 2 is 1.93 bits per heavy atom. The van der Waals surface area contributed by atoms with Crippen LogP contribution in [0.25, 0.3) is 20.7 Å². The number of hydrogen-bond donors (Lipinski definition) is 0. The Morgan fingerprint density at radius 3 is 2.68 bits per heavy atom. The molecule has 0 spiro atoms. The number of nitrogens with zero attached hydrogens (tertiary/aromatic N) is 2. The highest BCUT2D eigenvalue weighted by atomic mass is 32.1. The number of thiophene rings is 1. The van der Waals surface area contributed by atoms with Crippen molar-refractivity contribution in [3.8, 4) is 16.2 Å². The van der Waals surface area contributed by atoms with Gasteiger partial charge in [-0.1, -0.05) is 19.8 Å². The molecule has 0 aliphatic rings. The van der Waals surface area contributed by atoms with Gasteiger partial charge in [0, 0.05) is 17.6 Å². The molecule has 0 amide bonds. The van der Waals surface area contributed by atoms with Gasteiger partial charge in [0.2, 0.25) is 0 Å². The third-order valence-corrected chi connectivity index (χ3v) is 6.32. The number of hydrogen-bond acceptors (Lipinski definition) is 4. The average molecular weight is 397 g/mol. The zero-order chi connectivity index (χ0) is 19.9. The van der Waals surface area contributed by atoms with Crippen LogP contribution in [0.2, 0.25) is 0 Å². The van der Waals surface area contributed by atoms with Gasteiger partial charge < -0.3 is 9.64 Å². The number of aromatic nitrogens is 1. The largest absolute Gasteiger partial charge is 0.493 e. The van der Waals surface area contributed by atoms with Gasteiger partial charge >= 0.3 is 0 Å². The first-order valence-corrected chi connectivity index (χ1v) is 11.2. The van der Waals surface area contributed by atoms with Gasteiger partial charge in [-0.25, -0.2) is 0 Å². The number of fused-ring (bicyclic) bond motifs is 1. The van der Waals surface area contributed by atoms with Crippen LogP contribution in [0.1, 0.15) is 43.7 Å². The molecule has 0 aliphatic heterocycles. The van der Waals surface area contributed by atoms with E-state index in [2.05, 4.69) is 68.2 Å². The number of rotatable bonds is 10. The molecular formula is C24H32N2OS. The molecule has 1 aromatic carbocycles. The first-order valence-electron chi connectivity index (χ1n) is 10.3. The second-order valence-electron chi connectivity index (χ2n) is 7.74. The van der Waals surface area contributed by atoms with E-state index in [0.29, 0.717) is 0 Å². The van der Waals surface area contributed by atoms with E-state index in [-0.39, 0.29) is 0 Å². The highest BCUT2D eigenvalue weighted by molar-refractivity contribution is 7.22. The average Bonchev–Trinajstić information content (AvgIpc) is 3.12. The fourth-order valence-corrected chi connectivity index (χ4v) is 4.48. The van der Waals surface area contributed by atoms with Crippen LogP contribution < -0.4 is 4.74 Å². The predicted molar refractivity (Wildman–Crippen MR) is 122 cm³/mol. The Morgan fingerprint density at radius 1 is 1.07 bits per heavy atom. The van der Waals surface area contributed by atoms with Crippen molar-refractivity contribution in [2.75, 3.05) is 27.2 Å². The molecule has 3 rings (SSSR count). The fraction of sp³-hybridized carbons (Fsp3) is 0.458. The maximum Gasteiger partial charge on any atom is 0.122 e. The standard InChI is InChI=1S/C24H32N2OS/c1-5-6-7-9-19-16-20(10-11-22(19)27-15-8-14-26(3)4)23-17-21-24(28-23)18(2)12-13-25-21/h10-13,16-17H,5-9,14-15H2,1-4H3. The lowest BCUT2D eigenvalue weighted by Crippen LogP contribution is -2.15. The minimum absolute atomic E-state index is 0.768. The number of pyridine rings is 1. The van der Waals surface area contributed by atoms with Crippen LogP contribution >= 0.6 is 11.3 Å². The third-order valence-electron chi connectivity index (χ3n) is 5.01. The van der Waals surface area contributed by atoms with E-state index in [1.165, 1.54) is 45.5 Å². The topological polar surface area (TPSA) is 25.4 Å². The van der Waals surface area contributed by atoms with E-state index >= 15 is 0 Å². The molecule has 28 heavy (non-hydrogen) atoms. The first kappa shape index (κ1) is 20.8. The second-order valence-corrected chi connectivity index (χ2v) is 8.79. The summed E-state index contributed by atoms with van der Waals surface area (Å²) in [6.07, 6.45) is 7.73. The van der Waals surface area contributed by atoms with Crippen molar-refractivity contribution in [1.82, 2.24) is 9.88 Å². The molecule has 0 fully saturated rings. The number of ether oxygens (including phenoxy) is 1. The van der Waals surface area contributed by atoms with Gasteiger partial charge in [-0.05, 0) is 87.3 Å². The van der Waals surface area contributed by atoms with Crippen molar-refractivity contribution in [3.05, 3.63) is 47.7 Å². The predicted octanol–water partition coefficient (Wildman–Crippen LogP) is 6.33. The van der Waals surface area contributed by atoms with E-state index in [0.717, 1.165) is 37.3 Å². The zero-order valence-corrected chi connectivity index (χ0v) is 18.4. The van der Waals surface area contributed by atoms with Crippen LogP contribution in [-0.4, -0.2) is 37.1 Å². The number of aryl methyl sites for hydroxylation is 2. The second kappa shape index (κ2) is 10.0. The summed E-state index contributed by atoms with van der Waals surface area (Å²) in [5.41, 5.74) is 4.99. The van der Waals surface area contributed by atoms with Gasteiger partial charge in [0.15, 0.2) is 0 Å². The molecule has 0 aliphatic carbocycles. The molecule has 0 saturated carbocycles. The quantitative estimate of drug-likeness (QED) is 0.374.